The van der Waals surface area contributed by atoms with Crippen LogP contribution in [-0.4, -0.2) is 51.9 Å². The molecule has 126 valence electrons. The molecule has 2 N–H and O–H groups in total. The quantitative estimate of drug-likeness (QED) is 0.843. The molecule has 1 saturated heterocycles. The van der Waals surface area contributed by atoms with Crippen molar-refractivity contribution >= 4 is 17.7 Å². The normalized spacial score (nSPS) is 23.7. The van der Waals surface area contributed by atoms with E-state index in [9.17, 15) is 27.9 Å². The Hall–Kier alpha value is -2.20. The minimum absolute atomic E-state index is 0.116. The van der Waals surface area contributed by atoms with Crippen LogP contribution in [0.15, 0.2) is 18.2 Å². The second-order valence-electron chi connectivity index (χ2n) is 5.03. The first-order chi connectivity index (χ1) is 10.6. The zero-order chi connectivity index (χ0) is 17.4. The van der Waals surface area contributed by atoms with Gasteiger partial charge in [0.05, 0.1) is 13.2 Å². The van der Waals surface area contributed by atoms with Crippen LogP contribution in [0.2, 0.25) is 0 Å². The first-order valence-electron chi connectivity index (χ1n) is 6.48. The zero-order valence-electron chi connectivity index (χ0n) is 11.9. The van der Waals surface area contributed by atoms with Crippen molar-refractivity contribution in [1.82, 2.24) is 4.98 Å². The van der Waals surface area contributed by atoms with E-state index >= 15 is 0 Å². The lowest BCUT2D eigenvalue weighted by molar-refractivity contribution is -0.181. The van der Waals surface area contributed by atoms with E-state index in [0.717, 1.165) is 24.0 Å². The SMILES string of the molecule is C[C@]1(C(O)C(=O)O)OCCN(c2cccc(C(F)(F)F)n2)C1=O. The number of morpholine rings is 1. The maximum Gasteiger partial charge on any atom is 0.433 e. The second kappa shape index (κ2) is 5.78. The number of rotatable bonds is 3. The van der Waals surface area contributed by atoms with Gasteiger partial charge in [-0.25, -0.2) is 9.78 Å². The predicted octanol–water partition coefficient (Wildman–Crippen LogP) is 0.668. The average Bonchev–Trinajstić information content (AvgIpc) is 2.48. The molecule has 2 atom stereocenters. The Kier molecular flexibility index (Phi) is 4.31. The summed E-state index contributed by atoms with van der Waals surface area (Å²) in [6, 6.07) is 3.02. The monoisotopic (exact) mass is 334 g/mol. The van der Waals surface area contributed by atoms with Gasteiger partial charge >= 0.3 is 12.1 Å². The van der Waals surface area contributed by atoms with Crippen LogP contribution in [-0.2, 0) is 20.5 Å². The van der Waals surface area contributed by atoms with Gasteiger partial charge in [0.25, 0.3) is 5.91 Å². The molecule has 1 aromatic heterocycles. The second-order valence-corrected chi connectivity index (χ2v) is 5.03. The van der Waals surface area contributed by atoms with Gasteiger partial charge in [0.15, 0.2) is 11.7 Å². The summed E-state index contributed by atoms with van der Waals surface area (Å²) in [5, 5.41) is 18.5. The van der Waals surface area contributed by atoms with Gasteiger partial charge < -0.3 is 14.9 Å². The summed E-state index contributed by atoms with van der Waals surface area (Å²) in [5.74, 6) is -2.96. The first kappa shape index (κ1) is 17.2. The van der Waals surface area contributed by atoms with Gasteiger partial charge in [0.2, 0.25) is 0 Å². The molecule has 1 aliphatic heterocycles. The fraction of sp³-hybridized carbons (Fsp3) is 0.462. The van der Waals surface area contributed by atoms with E-state index in [2.05, 4.69) is 4.98 Å². The first-order valence-corrected chi connectivity index (χ1v) is 6.48. The standard InChI is InChI=1S/C13H13F3N2O5/c1-12(9(19)10(20)21)11(22)18(5-6-23-12)8-4-2-3-7(17-8)13(14,15)16/h2-4,9,19H,5-6H2,1H3,(H,20,21)/t9?,12-/m1/s1. The Morgan fingerprint density at radius 1 is 1.48 bits per heavy atom. The summed E-state index contributed by atoms with van der Waals surface area (Å²) in [7, 11) is 0. The van der Waals surface area contributed by atoms with Gasteiger partial charge in [-0.2, -0.15) is 13.2 Å². The molecule has 0 bridgehead atoms. The van der Waals surface area contributed by atoms with Crippen LogP contribution in [0.3, 0.4) is 0 Å². The molecule has 0 aliphatic carbocycles. The van der Waals surface area contributed by atoms with Crippen molar-refractivity contribution in [2.45, 2.75) is 24.8 Å². The van der Waals surface area contributed by atoms with Crippen molar-refractivity contribution in [3.05, 3.63) is 23.9 Å². The van der Waals surface area contributed by atoms with Crippen molar-refractivity contribution in [3.63, 3.8) is 0 Å². The van der Waals surface area contributed by atoms with E-state index in [1.807, 2.05) is 0 Å². The van der Waals surface area contributed by atoms with Gasteiger partial charge in [-0.15, -0.1) is 0 Å². The van der Waals surface area contributed by atoms with E-state index in [1.165, 1.54) is 6.07 Å². The minimum atomic E-state index is -4.69. The highest BCUT2D eigenvalue weighted by Crippen LogP contribution is 2.31. The molecular formula is C13H13F3N2O5. The van der Waals surface area contributed by atoms with Crippen LogP contribution in [0.5, 0.6) is 0 Å². The molecule has 1 unspecified atom stereocenters. The summed E-state index contributed by atoms with van der Waals surface area (Å²) in [4.78, 5) is 27.6. The average molecular weight is 334 g/mol. The number of carboxylic acid groups (broad SMARTS) is 1. The molecule has 7 nitrogen and oxygen atoms in total. The number of hydrogen-bond acceptors (Lipinski definition) is 5. The highest BCUT2D eigenvalue weighted by molar-refractivity contribution is 6.02. The Morgan fingerprint density at radius 3 is 2.70 bits per heavy atom. The van der Waals surface area contributed by atoms with Crippen LogP contribution in [0.1, 0.15) is 12.6 Å². The number of nitrogens with zero attached hydrogens (tertiary/aromatic N) is 2. The number of ether oxygens (including phenoxy) is 1. The number of carbonyl (C=O) groups excluding carboxylic acids is 1. The fourth-order valence-corrected chi connectivity index (χ4v) is 2.16. The number of pyridine rings is 1. The highest BCUT2D eigenvalue weighted by atomic mass is 19.4. The largest absolute Gasteiger partial charge is 0.479 e. The van der Waals surface area contributed by atoms with Crippen LogP contribution in [0.4, 0.5) is 19.0 Å². The van der Waals surface area contributed by atoms with Crippen LogP contribution < -0.4 is 4.90 Å². The molecule has 0 saturated carbocycles. The number of alkyl halides is 3. The number of aliphatic carboxylic acids is 1. The van der Waals surface area contributed by atoms with E-state index in [-0.39, 0.29) is 19.0 Å². The predicted molar refractivity (Wildman–Crippen MR) is 69.6 cm³/mol. The van der Waals surface area contributed by atoms with Crippen molar-refractivity contribution in [3.8, 4) is 0 Å². The summed E-state index contributed by atoms with van der Waals surface area (Å²) in [6.07, 6.45) is -6.85. The van der Waals surface area contributed by atoms with E-state index in [0.29, 0.717) is 0 Å². The Labute approximate surface area is 128 Å². The van der Waals surface area contributed by atoms with Gasteiger partial charge in [-0.1, -0.05) is 6.07 Å². The molecule has 0 spiro atoms. The lowest BCUT2D eigenvalue weighted by atomic mass is 9.95. The number of carbonyl (C=O) groups is 2. The highest BCUT2D eigenvalue weighted by Gasteiger charge is 2.51. The summed E-state index contributed by atoms with van der Waals surface area (Å²) in [5.41, 5.74) is -3.30. The van der Waals surface area contributed by atoms with Gasteiger partial charge in [-0.05, 0) is 19.1 Å². The number of halogens is 3. The smallest absolute Gasteiger partial charge is 0.433 e. The van der Waals surface area contributed by atoms with E-state index in [1.54, 1.807) is 0 Å². The number of aliphatic hydroxyl groups is 1. The maximum atomic E-state index is 12.7. The maximum absolute atomic E-state index is 12.7. The van der Waals surface area contributed by atoms with Gasteiger partial charge in [0, 0.05) is 0 Å². The van der Waals surface area contributed by atoms with Gasteiger partial charge in [0.1, 0.15) is 11.5 Å². The van der Waals surface area contributed by atoms with Crippen molar-refractivity contribution < 1.29 is 37.7 Å². The van der Waals surface area contributed by atoms with Crippen molar-refractivity contribution in [2.24, 2.45) is 0 Å². The zero-order valence-corrected chi connectivity index (χ0v) is 11.9. The molecule has 2 rings (SSSR count). The molecular weight excluding hydrogens is 321 g/mol. The minimum Gasteiger partial charge on any atom is -0.479 e. The van der Waals surface area contributed by atoms with Crippen LogP contribution >= 0.6 is 0 Å². The molecule has 0 radical (unpaired) electrons. The number of anilines is 1. The lowest BCUT2D eigenvalue weighted by Crippen LogP contribution is -2.63. The Balaban J connectivity index is 2.37. The third-order valence-electron chi connectivity index (χ3n) is 3.44. The number of aliphatic hydroxyl groups excluding tert-OH is 1. The molecule has 0 aromatic carbocycles. The van der Waals surface area contributed by atoms with E-state index < -0.39 is 35.5 Å². The topological polar surface area (TPSA) is 100.0 Å². The van der Waals surface area contributed by atoms with Crippen molar-refractivity contribution in [2.75, 3.05) is 18.1 Å². The molecule has 23 heavy (non-hydrogen) atoms. The molecule has 10 heteroatoms. The number of carboxylic acids is 1. The van der Waals surface area contributed by atoms with Crippen LogP contribution in [0.25, 0.3) is 0 Å². The summed E-state index contributed by atoms with van der Waals surface area (Å²) in [6.45, 7) is 0.785. The number of aromatic nitrogens is 1. The summed E-state index contributed by atoms with van der Waals surface area (Å²) >= 11 is 0. The Bertz CT molecular complexity index is 636. The third kappa shape index (κ3) is 3.13. The molecule has 1 aliphatic rings. The van der Waals surface area contributed by atoms with Crippen molar-refractivity contribution in [1.29, 1.82) is 0 Å². The van der Waals surface area contributed by atoms with E-state index in [4.69, 9.17) is 9.84 Å². The molecule has 1 fully saturated rings. The fourth-order valence-electron chi connectivity index (χ4n) is 2.16. The third-order valence-corrected chi connectivity index (χ3v) is 3.44. The lowest BCUT2D eigenvalue weighted by Gasteiger charge is -2.40. The number of hydrogen-bond donors (Lipinski definition) is 2. The van der Waals surface area contributed by atoms with Gasteiger partial charge in [-0.3, -0.25) is 9.69 Å². The van der Waals surface area contributed by atoms with Crippen LogP contribution in [0, 0.1) is 0 Å². The molecule has 1 amide bonds. The summed E-state index contributed by atoms with van der Waals surface area (Å²) < 4.78 is 43.2. The Morgan fingerprint density at radius 2 is 2.13 bits per heavy atom. The molecule has 1 aromatic rings. The number of amides is 1. The molecule has 2 heterocycles.